The van der Waals surface area contributed by atoms with Crippen LogP contribution in [0.4, 0.5) is 5.69 Å². The summed E-state index contributed by atoms with van der Waals surface area (Å²) < 4.78 is 7.52. The van der Waals surface area contributed by atoms with Crippen molar-refractivity contribution in [1.82, 2.24) is 14.8 Å². The van der Waals surface area contributed by atoms with Gasteiger partial charge in [0, 0.05) is 25.7 Å². The van der Waals surface area contributed by atoms with E-state index >= 15 is 0 Å². The summed E-state index contributed by atoms with van der Waals surface area (Å²) in [5.74, 6) is 0.659. The van der Waals surface area contributed by atoms with Gasteiger partial charge in [-0.15, -0.1) is 0 Å². The molecule has 0 N–H and O–H groups in total. The van der Waals surface area contributed by atoms with E-state index in [0.29, 0.717) is 5.75 Å². The highest BCUT2D eigenvalue weighted by atomic mass is 16.5. The summed E-state index contributed by atoms with van der Waals surface area (Å²) in [6.07, 6.45) is 1.42. The average molecular weight is 322 g/mol. The van der Waals surface area contributed by atoms with E-state index in [-0.39, 0.29) is 5.91 Å². The molecule has 6 heteroatoms. The van der Waals surface area contributed by atoms with Crippen LogP contribution in [0.25, 0.3) is 22.3 Å². The first-order valence-corrected chi connectivity index (χ1v) is 7.83. The third kappa shape index (κ3) is 2.14. The lowest BCUT2D eigenvalue weighted by molar-refractivity contribution is -0.125. The first-order valence-electron chi connectivity index (χ1n) is 7.83. The number of benzene rings is 1. The summed E-state index contributed by atoms with van der Waals surface area (Å²) >= 11 is 0. The minimum absolute atomic E-state index is 0.0561. The first kappa shape index (κ1) is 14.7. The fraction of sp³-hybridized carbons (Fsp3) is 0.278. The number of hydrogen-bond donors (Lipinski definition) is 0. The van der Waals surface area contributed by atoms with Crippen molar-refractivity contribution in [2.75, 3.05) is 11.9 Å². The average Bonchev–Trinajstić information content (AvgIpc) is 2.98. The van der Waals surface area contributed by atoms with Gasteiger partial charge < -0.3 is 9.64 Å². The zero-order chi connectivity index (χ0) is 17.0. The smallest absolute Gasteiger partial charge is 0.267 e. The standard InChI is InChI=1S/C18H18N4O2/c1-10-7-15(13-5-6-21(3)20-13)19-14-9-16-17(8-12(10)14)24-11(2)18(23)22(16)4/h5-9,11H,1-4H3. The third-order valence-electron chi connectivity index (χ3n) is 4.42. The number of amides is 1. The Morgan fingerprint density at radius 1 is 1.17 bits per heavy atom. The summed E-state index contributed by atoms with van der Waals surface area (Å²) in [5.41, 5.74) is 4.32. The molecule has 24 heavy (non-hydrogen) atoms. The Labute approximate surface area is 139 Å². The Morgan fingerprint density at radius 3 is 2.67 bits per heavy atom. The molecule has 1 aliphatic heterocycles. The second-order valence-electron chi connectivity index (χ2n) is 6.19. The molecular weight excluding hydrogens is 304 g/mol. The van der Waals surface area contributed by atoms with E-state index in [2.05, 4.69) is 5.10 Å². The van der Waals surface area contributed by atoms with Gasteiger partial charge in [0.05, 0.1) is 16.9 Å². The number of nitrogens with zero attached hydrogens (tertiary/aromatic N) is 4. The van der Waals surface area contributed by atoms with Crippen molar-refractivity contribution in [2.45, 2.75) is 20.0 Å². The number of aryl methyl sites for hydroxylation is 2. The van der Waals surface area contributed by atoms with E-state index in [0.717, 1.165) is 33.5 Å². The maximum atomic E-state index is 12.1. The van der Waals surface area contributed by atoms with Crippen LogP contribution in [0.3, 0.4) is 0 Å². The zero-order valence-electron chi connectivity index (χ0n) is 14.1. The van der Waals surface area contributed by atoms with Crippen molar-refractivity contribution < 1.29 is 9.53 Å². The highest BCUT2D eigenvalue weighted by molar-refractivity contribution is 6.02. The number of fused-ring (bicyclic) bond motifs is 2. The second kappa shape index (κ2) is 5.06. The highest BCUT2D eigenvalue weighted by Gasteiger charge is 2.29. The minimum atomic E-state index is -0.471. The van der Waals surface area contributed by atoms with E-state index in [1.54, 1.807) is 23.6 Å². The van der Waals surface area contributed by atoms with Gasteiger partial charge in [0.25, 0.3) is 5.91 Å². The van der Waals surface area contributed by atoms with E-state index in [1.807, 2.05) is 44.4 Å². The summed E-state index contributed by atoms with van der Waals surface area (Å²) in [6.45, 7) is 3.81. The van der Waals surface area contributed by atoms with Crippen LogP contribution < -0.4 is 9.64 Å². The SMILES string of the molecule is Cc1cc(-c2ccn(C)n2)nc2cc3c(cc12)OC(C)C(=O)N3C. The molecule has 0 saturated carbocycles. The molecule has 0 fully saturated rings. The largest absolute Gasteiger partial charge is 0.479 e. The van der Waals surface area contributed by atoms with Gasteiger partial charge in [-0.25, -0.2) is 4.98 Å². The lowest BCUT2D eigenvalue weighted by Crippen LogP contribution is -2.41. The van der Waals surface area contributed by atoms with E-state index in [1.165, 1.54) is 0 Å². The van der Waals surface area contributed by atoms with E-state index in [9.17, 15) is 4.79 Å². The normalized spacial score (nSPS) is 17.1. The first-order chi connectivity index (χ1) is 11.4. The van der Waals surface area contributed by atoms with Gasteiger partial charge in [-0.05, 0) is 43.7 Å². The molecule has 0 saturated heterocycles. The Bertz CT molecular complexity index is 977. The van der Waals surface area contributed by atoms with E-state index in [4.69, 9.17) is 9.72 Å². The van der Waals surface area contributed by atoms with Gasteiger partial charge in [0.1, 0.15) is 11.4 Å². The van der Waals surface area contributed by atoms with Crippen LogP contribution in [-0.4, -0.2) is 33.8 Å². The van der Waals surface area contributed by atoms with Crippen LogP contribution in [0.15, 0.2) is 30.5 Å². The Hall–Kier alpha value is -2.89. The van der Waals surface area contributed by atoms with Crippen molar-refractivity contribution in [1.29, 1.82) is 0 Å². The number of carbonyl (C=O) groups excluding carboxylic acids is 1. The molecule has 6 nitrogen and oxygen atoms in total. The molecule has 0 aliphatic carbocycles. The molecule has 1 atom stereocenters. The lowest BCUT2D eigenvalue weighted by Gasteiger charge is -2.30. The van der Waals surface area contributed by atoms with Crippen molar-refractivity contribution >= 4 is 22.5 Å². The molecule has 2 aromatic heterocycles. The molecular formula is C18H18N4O2. The maximum absolute atomic E-state index is 12.1. The number of pyridine rings is 1. The summed E-state index contributed by atoms with van der Waals surface area (Å²) in [6, 6.07) is 7.84. The predicted molar refractivity (Wildman–Crippen MR) is 92.2 cm³/mol. The molecule has 4 rings (SSSR count). The molecule has 0 spiro atoms. The van der Waals surface area contributed by atoms with E-state index < -0.39 is 6.10 Å². The molecule has 1 unspecified atom stereocenters. The summed E-state index contributed by atoms with van der Waals surface area (Å²) in [7, 11) is 3.65. The molecule has 0 radical (unpaired) electrons. The van der Waals surface area contributed by atoms with Crippen LogP contribution in [0.5, 0.6) is 5.75 Å². The second-order valence-corrected chi connectivity index (χ2v) is 6.19. The van der Waals surface area contributed by atoms with Crippen molar-refractivity contribution in [3.05, 3.63) is 36.0 Å². The molecule has 1 aliphatic rings. The summed E-state index contributed by atoms with van der Waals surface area (Å²) in [5, 5.41) is 5.44. The number of likely N-dealkylation sites (N-methyl/N-ethyl adjacent to an activating group) is 1. The molecule has 1 amide bonds. The number of rotatable bonds is 1. The number of anilines is 1. The Balaban J connectivity index is 1.92. The van der Waals surface area contributed by atoms with Gasteiger partial charge >= 0.3 is 0 Å². The number of aromatic nitrogens is 3. The number of hydrogen-bond acceptors (Lipinski definition) is 4. The van der Waals surface area contributed by atoms with Gasteiger partial charge in [0.15, 0.2) is 6.10 Å². The van der Waals surface area contributed by atoms with Crippen molar-refractivity contribution in [3.8, 4) is 17.1 Å². The molecule has 0 bridgehead atoms. The van der Waals surface area contributed by atoms with Gasteiger partial charge in [-0.2, -0.15) is 5.10 Å². The van der Waals surface area contributed by atoms with Crippen molar-refractivity contribution in [2.24, 2.45) is 7.05 Å². The predicted octanol–water partition coefficient (Wildman–Crippen LogP) is 2.69. The topological polar surface area (TPSA) is 60.2 Å². The minimum Gasteiger partial charge on any atom is -0.479 e. The van der Waals surface area contributed by atoms with Gasteiger partial charge in [-0.3, -0.25) is 9.48 Å². The summed E-state index contributed by atoms with van der Waals surface area (Å²) in [4.78, 5) is 18.5. The Morgan fingerprint density at radius 2 is 1.96 bits per heavy atom. The third-order valence-corrected chi connectivity index (χ3v) is 4.42. The molecule has 122 valence electrons. The van der Waals surface area contributed by atoms with Crippen LogP contribution in [-0.2, 0) is 11.8 Å². The highest BCUT2D eigenvalue weighted by Crippen LogP contribution is 2.38. The quantitative estimate of drug-likeness (QED) is 0.691. The zero-order valence-corrected chi connectivity index (χ0v) is 14.1. The van der Waals surface area contributed by atoms with Crippen LogP contribution in [0.2, 0.25) is 0 Å². The monoisotopic (exact) mass is 322 g/mol. The molecule has 1 aromatic carbocycles. The maximum Gasteiger partial charge on any atom is 0.267 e. The number of carbonyl (C=O) groups is 1. The molecule has 3 aromatic rings. The van der Waals surface area contributed by atoms with Crippen LogP contribution in [0.1, 0.15) is 12.5 Å². The van der Waals surface area contributed by atoms with Crippen LogP contribution >= 0.6 is 0 Å². The Kier molecular flexibility index (Phi) is 3.09. The fourth-order valence-electron chi connectivity index (χ4n) is 3.08. The van der Waals surface area contributed by atoms with Crippen LogP contribution in [0, 0.1) is 6.92 Å². The fourth-order valence-corrected chi connectivity index (χ4v) is 3.08. The molecule has 3 heterocycles. The lowest BCUT2D eigenvalue weighted by atomic mass is 10.1. The van der Waals surface area contributed by atoms with Gasteiger partial charge in [0.2, 0.25) is 0 Å². The van der Waals surface area contributed by atoms with Crippen molar-refractivity contribution in [3.63, 3.8) is 0 Å². The van der Waals surface area contributed by atoms with Gasteiger partial charge in [-0.1, -0.05) is 0 Å². The number of ether oxygens (including phenoxy) is 1.